The average Bonchev–Trinajstić information content (AvgIpc) is 3.09. The first-order chi connectivity index (χ1) is 13.2. The highest BCUT2D eigenvalue weighted by atomic mass is 16.6. The fourth-order valence-electron chi connectivity index (χ4n) is 2.43. The predicted octanol–water partition coefficient (Wildman–Crippen LogP) is 5.90. The number of nitrogens with zero attached hydrogens (tertiary/aromatic N) is 4. The van der Waals surface area contributed by atoms with Crippen LogP contribution in [-0.2, 0) is 0 Å². The van der Waals surface area contributed by atoms with Gasteiger partial charge in [0.25, 0.3) is 11.7 Å². The molecule has 27 heavy (non-hydrogen) atoms. The van der Waals surface area contributed by atoms with Crippen LogP contribution in [0.15, 0.2) is 87.4 Å². The molecule has 0 bridgehead atoms. The molecule has 0 spiro atoms. The lowest BCUT2D eigenvalue weighted by atomic mass is 10.3. The molecule has 3 aromatic carbocycles. The number of fused-ring (bicyclic) bond motifs is 1. The number of azo groups is 1. The molecule has 1 aromatic heterocycles. The fraction of sp³-hybridized carbons (Fsp3) is 0. The first-order valence-corrected chi connectivity index (χ1v) is 8.06. The Morgan fingerprint density at radius 1 is 0.926 bits per heavy atom. The Balaban J connectivity index is 1.49. The second-order valence-electron chi connectivity index (χ2n) is 5.64. The summed E-state index contributed by atoms with van der Waals surface area (Å²) in [6.07, 6.45) is 0. The van der Waals surface area contributed by atoms with Gasteiger partial charge in [-0.3, -0.25) is 10.1 Å². The lowest BCUT2D eigenvalue weighted by Crippen LogP contribution is -1.89. The largest absolute Gasteiger partial charge is 0.423 e. The molecule has 8 heteroatoms. The molecule has 0 aliphatic heterocycles. The van der Waals surface area contributed by atoms with Crippen LogP contribution in [0.5, 0.6) is 0 Å². The third kappa shape index (κ3) is 3.79. The maximum atomic E-state index is 10.8. The lowest BCUT2D eigenvalue weighted by Gasteiger charge is -2.01. The topological polar surface area (TPSA) is 106 Å². The Kier molecular flexibility index (Phi) is 4.28. The van der Waals surface area contributed by atoms with Crippen molar-refractivity contribution in [3.8, 4) is 0 Å². The quantitative estimate of drug-likeness (QED) is 0.271. The number of nitrogens with one attached hydrogen (secondary N) is 1. The smallest absolute Gasteiger partial charge is 0.300 e. The van der Waals surface area contributed by atoms with Gasteiger partial charge in [0.1, 0.15) is 5.52 Å². The van der Waals surface area contributed by atoms with Gasteiger partial charge in [-0.2, -0.15) is 15.2 Å². The zero-order valence-corrected chi connectivity index (χ0v) is 13.9. The number of nitro groups is 1. The molecule has 1 heterocycles. The highest BCUT2D eigenvalue weighted by Crippen LogP contribution is 2.26. The monoisotopic (exact) mass is 359 g/mol. The Morgan fingerprint density at radius 2 is 1.63 bits per heavy atom. The molecular weight excluding hydrogens is 346 g/mol. The molecule has 0 saturated heterocycles. The third-order valence-corrected chi connectivity index (χ3v) is 3.74. The Labute approximate surface area is 153 Å². The average molecular weight is 359 g/mol. The number of rotatable bonds is 5. The molecule has 4 rings (SSSR count). The molecule has 0 aliphatic carbocycles. The van der Waals surface area contributed by atoms with Crippen molar-refractivity contribution in [3.63, 3.8) is 0 Å². The zero-order chi connectivity index (χ0) is 18.6. The van der Waals surface area contributed by atoms with Crippen LogP contribution in [0.2, 0.25) is 0 Å². The van der Waals surface area contributed by atoms with Gasteiger partial charge < -0.3 is 9.73 Å². The van der Waals surface area contributed by atoms with Gasteiger partial charge in [0.2, 0.25) is 0 Å². The van der Waals surface area contributed by atoms with Crippen LogP contribution < -0.4 is 5.32 Å². The van der Waals surface area contributed by atoms with E-state index in [0.717, 1.165) is 11.4 Å². The van der Waals surface area contributed by atoms with Crippen LogP contribution >= 0.6 is 0 Å². The van der Waals surface area contributed by atoms with E-state index in [1.807, 2.05) is 54.6 Å². The number of nitro benzene ring substituents is 1. The number of anilines is 2. The van der Waals surface area contributed by atoms with Crippen molar-refractivity contribution in [2.75, 3.05) is 5.32 Å². The van der Waals surface area contributed by atoms with E-state index >= 15 is 0 Å². The Bertz CT molecular complexity index is 1120. The molecule has 0 unspecified atom stereocenters. The summed E-state index contributed by atoms with van der Waals surface area (Å²) in [7, 11) is 0. The van der Waals surface area contributed by atoms with Crippen LogP contribution in [0.1, 0.15) is 0 Å². The highest BCUT2D eigenvalue weighted by molar-refractivity contribution is 5.78. The van der Waals surface area contributed by atoms with E-state index in [2.05, 4.69) is 20.5 Å². The molecule has 4 aromatic rings. The van der Waals surface area contributed by atoms with Gasteiger partial charge in [0, 0.05) is 17.8 Å². The van der Waals surface area contributed by atoms with Gasteiger partial charge in [-0.15, -0.1) is 0 Å². The van der Waals surface area contributed by atoms with Gasteiger partial charge in [-0.1, -0.05) is 18.2 Å². The van der Waals surface area contributed by atoms with Crippen LogP contribution in [0.4, 0.5) is 28.8 Å². The normalized spacial score (nSPS) is 11.1. The van der Waals surface area contributed by atoms with E-state index < -0.39 is 4.92 Å². The Morgan fingerprint density at radius 3 is 2.33 bits per heavy atom. The minimum absolute atomic E-state index is 0.0320. The third-order valence-electron chi connectivity index (χ3n) is 3.74. The molecule has 1 N–H and O–H groups in total. The van der Waals surface area contributed by atoms with Crippen LogP contribution in [-0.4, -0.2) is 9.91 Å². The standard InChI is InChI=1S/C19H13N5O3/c25-24(26)16-10-11-18-17(12-16)21-19(27-18)20-13-6-8-15(9-7-13)23-22-14-4-2-1-3-5-14/h1-12H,(H,20,21)/b23-22+. The van der Waals surface area contributed by atoms with Gasteiger partial charge in [0.05, 0.1) is 16.3 Å². The zero-order valence-electron chi connectivity index (χ0n) is 13.9. The summed E-state index contributed by atoms with van der Waals surface area (Å²) >= 11 is 0. The van der Waals surface area contributed by atoms with Crippen molar-refractivity contribution < 1.29 is 9.34 Å². The van der Waals surface area contributed by atoms with Gasteiger partial charge in [-0.25, -0.2) is 0 Å². The summed E-state index contributed by atoms with van der Waals surface area (Å²) in [5.41, 5.74) is 3.08. The van der Waals surface area contributed by atoms with Crippen LogP contribution in [0.3, 0.4) is 0 Å². The maximum Gasteiger partial charge on any atom is 0.300 e. The summed E-state index contributed by atoms with van der Waals surface area (Å²) < 4.78 is 5.56. The van der Waals surface area contributed by atoms with Crippen molar-refractivity contribution >= 4 is 39.9 Å². The summed E-state index contributed by atoms with van der Waals surface area (Å²) in [4.78, 5) is 14.6. The van der Waals surface area contributed by atoms with E-state index in [4.69, 9.17) is 4.42 Å². The number of non-ortho nitro benzene ring substituents is 1. The van der Waals surface area contributed by atoms with E-state index in [0.29, 0.717) is 16.8 Å². The van der Waals surface area contributed by atoms with Crippen LogP contribution in [0.25, 0.3) is 11.1 Å². The van der Waals surface area contributed by atoms with E-state index in [1.54, 1.807) is 0 Å². The molecule has 8 nitrogen and oxygen atoms in total. The summed E-state index contributed by atoms with van der Waals surface area (Å²) in [5, 5.41) is 22.2. The molecule has 0 saturated carbocycles. The number of hydrogen-bond donors (Lipinski definition) is 1. The van der Waals surface area contributed by atoms with E-state index in [1.165, 1.54) is 18.2 Å². The predicted molar refractivity (Wildman–Crippen MR) is 101 cm³/mol. The molecule has 0 radical (unpaired) electrons. The number of hydrogen-bond acceptors (Lipinski definition) is 7. The van der Waals surface area contributed by atoms with Gasteiger partial charge >= 0.3 is 0 Å². The number of benzene rings is 3. The van der Waals surface area contributed by atoms with Gasteiger partial charge in [0.15, 0.2) is 5.58 Å². The molecule has 132 valence electrons. The first-order valence-electron chi connectivity index (χ1n) is 8.06. The minimum atomic E-state index is -0.468. The summed E-state index contributed by atoms with van der Waals surface area (Å²) in [5.74, 6) is 0. The second kappa shape index (κ2) is 7.04. The number of oxazole rings is 1. The SMILES string of the molecule is O=[N+]([O-])c1ccc2oc(Nc3ccc(/N=N/c4ccccc4)cc3)nc2c1. The molecule has 0 fully saturated rings. The van der Waals surface area contributed by atoms with Crippen molar-refractivity contribution in [1.29, 1.82) is 0 Å². The second-order valence-corrected chi connectivity index (χ2v) is 5.64. The molecular formula is C19H13N5O3. The highest BCUT2D eigenvalue weighted by Gasteiger charge is 2.11. The van der Waals surface area contributed by atoms with Crippen LogP contribution in [0, 0.1) is 10.1 Å². The fourth-order valence-corrected chi connectivity index (χ4v) is 2.43. The Hall–Kier alpha value is -4.07. The lowest BCUT2D eigenvalue weighted by molar-refractivity contribution is -0.384. The van der Waals surface area contributed by atoms with E-state index in [9.17, 15) is 10.1 Å². The van der Waals surface area contributed by atoms with Crippen molar-refractivity contribution in [2.24, 2.45) is 10.2 Å². The molecule has 0 atom stereocenters. The molecule has 0 aliphatic rings. The first kappa shape index (κ1) is 16.4. The van der Waals surface area contributed by atoms with E-state index in [-0.39, 0.29) is 11.7 Å². The number of aromatic nitrogens is 1. The van der Waals surface area contributed by atoms with Crippen molar-refractivity contribution in [1.82, 2.24) is 4.98 Å². The summed E-state index contributed by atoms with van der Waals surface area (Å²) in [6, 6.07) is 21.2. The maximum absolute atomic E-state index is 10.8. The summed E-state index contributed by atoms with van der Waals surface area (Å²) in [6.45, 7) is 0. The van der Waals surface area contributed by atoms with Crippen molar-refractivity contribution in [3.05, 3.63) is 82.9 Å². The van der Waals surface area contributed by atoms with Gasteiger partial charge in [-0.05, 0) is 42.5 Å². The minimum Gasteiger partial charge on any atom is -0.423 e. The molecule has 0 amide bonds. The van der Waals surface area contributed by atoms with Crippen molar-refractivity contribution in [2.45, 2.75) is 0 Å².